The Morgan fingerprint density at radius 1 is 0.878 bits per heavy atom. The maximum atomic E-state index is 12.3. The van der Waals surface area contributed by atoms with Crippen LogP contribution in [0, 0.1) is 13.8 Å². The first-order valence-corrected chi connectivity index (χ1v) is 17.2. The standard InChI is InChI=1S/C20H28N4O13P2S2/c1-9-5-23(19(28)21-17(9)26)15-3-11(13(7-25)34-15)37-39(32,41)33-8-14-12(36-38(30,31)40)4-16(35-14)24-6-10(2)18(27)22-20(24)29/h5-6,11-16,25H,3-4,7-8H2,1-2H3,(H,32,41)(H,21,26,28)(H,22,27,29)(H2,30,31,40)/t11-,12-,13+,14+,15+,16+,39?/m0/s1. The lowest BCUT2D eigenvalue weighted by Gasteiger charge is -2.25. The molecule has 0 amide bonds. The molecule has 2 saturated heterocycles. The first-order valence-electron chi connectivity index (χ1n) is 12.0. The fourth-order valence-corrected chi connectivity index (χ4v) is 6.80. The second-order valence-corrected chi connectivity index (χ2v) is 14.8. The monoisotopic (exact) mass is 658 g/mol. The number of hydrogen-bond acceptors (Lipinski definition) is 12. The van der Waals surface area contributed by atoms with Crippen LogP contribution in [-0.4, -0.2) is 76.5 Å². The van der Waals surface area contributed by atoms with E-state index in [9.17, 15) is 39.0 Å². The molecule has 0 radical (unpaired) electrons. The second-order valence-electron chi connectivity index (χ2n) is 9.41. The molecule has 4 heterocycles. The summed E-state index contributed by atoms with van der Waals surface area (Å²) in [5.41, 5.74) is -2.21. The predicted molar refractivity (Wildman–Crippen MR) is 147 cm³/mol. The molecule has 0 bridgehead atoms. The molecule has 2 aromatic heterocycles. The number of nitrogens with one attached hydrogen (secondary N) is 2. The van der Waals surface area contributed by atoms with Crippen LogP contribution in [0.25, 0.3) is 0 Å². The molecule has 228 valence electrons. The van der Waals surface area contributed by atoms with Crippen LogP contribution in [-0.2, 0) is 46.7 Å². The van der Waals surface area contributed by atoms with Crippen LogP contribution < -0.4 is 22.5 Å². The fraction of sp³-hybridized carbons (Fsp3) is 0.600. The molecule has 2 fully saturated rings. The number of ether oxygens (including phenoxy) is 2. The number of hydrogen-bond donors (Lipinski definition) is 6. The van der Waals surface area contributed by atoms with Gasteiger partial charge in [-0.15, -0.1) is 0 Å². The van der Waals surface area contributed by atoms with Gasteiger partial charge in [0, 0.05) is 36.4 Å². The summed E-state index contributed by atoms with van der Waals surface area (Å²) in [5.74, 6) is 0. The summed E-state index contributed by atoms with van der Waals surface area (Å²) in [6, 6.07) is 0. The molecule has 6 N–H and O–H groups in total. The quantitative estimate of drug-likeness (QED) is 0.159. The summed E-state index contributed by atoms with van der Waals surface area (Å²) in [4.78, 5) is 82.5. The predicted octanol–water partition coefficient (Wildman–Crippen LogP) is -1.52. The van der Waals surface area contributed by atoms with Crippen molar-refractivity contribution in [2.45, 2.75) is 63.6 Å². The Hall–Kier alpha value is -1.70. The molecule has 0 spiro atoms. The van der Waals surface area contributed by atoms with Crippen molar-refractivity contribution in [3.63, 3.8) is 0 Å². The van der Waals surface area contributed by atoms with Gasteiger partial charge >= 0.3 is 24.8 Å². The molecule has 4 rings (SSSR count). The topological polar surface area (TPSA) is 237 Å². The van der Waals surface area contributed by atoms with Crippen LogP contribution in [0.4, 0.5) is 0 Å². The molecule has 2 aromatic rings. The maximum Gasteiger partial charge on any atom is 0.330 e. The zero-order valence-electron chi connectivity index (χ0n) is 21.5. The number of aromatic nitrogens is 4. The first kappa shape index (κ1) is 32.2. The highest BCUT2D eigenvalue weighted by atomic mass is 32.5. The van der Waals surface area contributed by atoms with Crippen molar-refractivity contribution in [2.24, 2.45) is 0 Å². The number of aryl methyl sites for hydroxylation is 2. The van der Waals surface area contributed by atoms with Gasteiger partial charge in [-0.3, -0.25) is 28.7 Å². The molecule has 21 heteroatoms. The summed E-state index contributed by atoms with van der Waals surface area (Å²) in [5, 5.41) is 9.77. The van der Waals surface area contributed by atoms with E-state index in [0.29, 0.717) is 0 Å². The van der Waals surface area contributed by atoms with Gasteiger partial charge in [0.15, 0.2) is 0 Å². The number of rotatable bonds is 10. The Bertz CT molecular complexity index is 1620. The zero-order valence-corrected chi connectivity index (χ0v) is 24.9. The van der Waals surface area contributed by atoms with Crippen LogP contribution in [0.15, 0.2) is 31.6 Å². The van der Waals surface area contributed by atoms with E-state index in [2.05, 4.69) is 21.8 Å². The van der Waals surface area contributed by atoms with Crippen LogP contribution in [0.1, 0.15) is 36.4 Å². The van der Waals surface area contributed by atoms with E-state index < -0.39 is 86.0 Å². The third-order valence-corrected chi connectivity index (χ3v) is 8.79. The smallest absolute Gasteiger partial charge is 0.330 e. The lowest BCUT2D eigenvalue weighted by Crippen LogP contribution is -2.33. The Morgan fingerprint density at radius 2 is 1.34 bits per heavy atom. The van der Waals surface area contributed by atoms with Crippen molar-refractivity contribution in [3.8, 4) is 0 Å². The summed E-state index contributed by atoms with van der Waals surface area (Å²) < 4.78 is 29.9. The van der Waals surface area contributed by atoms with Crippen molar-refractivity contribution in [2.75, 3.05) is 13.2 Å². The van der Waals surface area contributed by atoms with Crippen molar-refractivity contribution in [3.05, 3.63) is 65.2 Å². The Morgan fingerprint density at radius 3 is 1.80 bits per heavy atom. The molecule has 2 aliphatic rings. The Labute approximate surface area is 240 Å². The van der Waals surface area contributed by atoms with Crippen molar-refractivity contribution >= 4 is 37.1 Å². The molecular formula is C20H28N4O13P2S2. The lowest BCUT2D eigenvalue weighted by atomic mass is 10.2. The maximum absolute atomic E-state index is 12.3. The summed E-state index contributed by atoms with van der Waals surface area (Å²) >= 11 is 9.69. The molecule has 2 aliphatic heterocycles. The molecule has 0 saturated carbocycles. The zero-order chi connectivity index (χ0) is 30.3. The van der Waals surface area contributed by atoms with Gasteiger partial charge < -0.3 is 42.8 Å². The van der Waals surface area contributed by atoms with E-state index in [1.165, 1.54) is 26.2 Å². The normalized spacial score (nSPS) is 28.1. The molecule has 0 aliphatic carbocycles. The molecule has 7 atom stereocenters. The van der Waals surface area contributed by atoms with Crippen LogP contribution in [0.2, 0.25) is 0 Å². The molecular weight excluding hydrogens is 630 g/mol. The van der Waals surface area contributed by atoms with Crippen molar-refractivity contribution in [1.29, 1.82) is 0 Å². The van der Waals surface area contributed by atoms with E-state index in [-0.39, 0.29) is 24.0 Å². The summed E-state index contributed by atoms with van der Waals surface area (Å²) in [7, 11) is 0. The second kappa shape index (κ2) is 12.5. The van der Waals surface area contributed by atoms with Crippen molar-refractivity contribution in [1.82, 2.24) is 19.1 Å². The van der Waals surface area contributed by atoms with E-state index in [1.807, 2.05) is 0 Å². The van der Waals surface area contributed by atoms with Crippen molar-refractivity contribution < 1.29 is 42.8 Å². The van der Waals surface area contributed by atoms with Gasteiger partial charge in [0.05, 0.1) is 25.4 Å². The van der Waals surface area contributed by atoms with Gasteiger partial charge in [-0.2, -0.15) is 0 Å². The summed E-state index contributed by atoms with van der Waals surface area (Å²) in [6.45, 7) is -6.36. The van der Waals surface area contributed by atoms with E-state index in [4.69, 9.17) is 34.9 Å². The van der Waals surface area contributed by atoms with Gasteiger partial charge in [0.2, 0.25) is 0 Å². The van der Waals surface area contributed by atoms with E-state index in [1.54, 1.807) is 0 Å². The number of aromatic amines is 2. The Balaban J connectivity index is 1.46. The molecule has 41 heavy (non-hydrogen) atoms. The number of nitrogens with zero attached hydrogens (tertiary/aromatic N) is 2. The average Bonchev–Trinajstić information content (AvgIpc) is 3.44. The molecule has 1 unspecified atom stereocenters. The summed E-state index contributed by atoms with van der Waals surface area (Å²) in [6.07, 6.45) is -3.84. The van der Waals surface area contributed by atoms with Crippen LogP contribution in [0.3, 0.4) is 0 Å². The van der Waals surface area contributed by atoms with Gasteiger partial charge in [0.1, 0.15) is 24.7 Å². The third-order valence-electron chi connectivity index (χ3n) is 6.40. The van der Waals surface area contributed by atoms with Gasteiger partial charge in [-0.1, -0.05) is 0 Å². The van der Waals surface area contributed by atoms with E-state index >= 15 is 0 Å². The highest BCUT2D eigenvalue weighted by Crippen LogP contribution is 2.50. The minimum Gasteiger partial charge on any atom is -0.394 e. The average molecular weight is 659 g/mol. The molecule has 0 aromatic carbocycles. The highest BCUT2D eigenvalue weighted by molar-refractivity contribution is 8.07. The van der Waals surface area contributed by atoms with Crippen LogP contribution >= 0.6 is 13.4 Å². The highest BCUT2D eigenvalue weighted by Gasteiger charge is 2.43. The number of H-pyrrole nitrogens is 2. The fourth-order valence-electron chi connectivity index (χ4n) is 4.42. The first-order chi connectivity index (χ1) is 19.1. The largest absolute Gasteiger partial charge is 0.394 e. The minimum absolute atomic E-state index is 0.0425. The third kappa shape index (κ3) is 7.83. The SMILES string of the molecule is Cc1cn([C@H]2C[C@H](OP(O)(O)=S)[C@@H](COP(O)(=S)O[C@H]3C[C@H](n4cc(C)c(=O)[nH]c4=O)O[C@@H]3CO)O2)c(=O)[nH]c1=O. The Kier molecular flexibility index (Phi) is 9.82. The molecule has 17 nitrogen and oxygen atoms in total. The van der Waals surface area contributed by atoms with E-state index in [0.717, 1.165) is 9.13 Å². The number of aliphatic hydroxyl groups is 1. The lowest BCUT2D eigenvalue weighted by molar-refractivity contribution is -0.0520. The van der Waals surface area contributed by atoms with Gasteiger partial charge in [0.25, 0.3) is 11.1 Å². The number of aliphatic hydroxyl groups excluding tert-OH is 1. The van der Waals surface area contributed by atoms with Gasteiger partial charge in [-0.05, 0) is 37.5 Å². The van der Waals surface area contributed by atoms with Crippen LogP contribution in [0.5, 0.6) is 0 Å². The minimum atomic E-state index is -4.20. The van der Waals surface area contributed by atoms with Gasteiger partial charge in [-0.25, -0.2) is 9.59 Å².